The van der Waals surface area contributed by atoms with Gasteiger partial charge in [-0.2, -0.15) is 0 Å². The lowest BCUT2D eigenvalue weighted by atomic mass is 9.93. The Bertz CT molecular complexity index is 417. The van der Waals surface area contributed by atoms with Crippen LogP contribution in [0.15, 0.2) is 24.3 Å². The fourth-order valence-corrected chi connectivity index (χ4v) is 3.06. The third kappa shape index (κ3) is 2.57. The highest BCUT2D eigenvalue weighted by Crippen LogP contribution is 2.36. The summed E-state index contributed by atoms with van der Waals surface area (Å²) in [5.74, 6) is 0.485. The third-order valence-corrected chi connectivity index (χ3v) is 4.21. The van der Waals surface area contributed by atoms with E-state index in [1.165, 1.54) is 25.3 Å². The summed E-state index contributed by atoms with van der Waals surface area (Å²) >= 11 is 0. The average molecular weight is 248 g/mol. The molecule has 2 aliphatic rings. The molecule has 1 saturated carbocycles. The van der Waals surface area contributed by atoms with Crippen molar-refractivity contribution in [2.45, 2.75) is 31.3 Å². The summed E-state index contributed by atoms with van der Waals surface area (Å²) in [4.78, 5) is 2.36. The number of rotatable bonds is 4. The fourth-order valence-electron chi connectivity index (χ4n) is 3.06. The number of halogens is 1. The summed E-state index contributed by atoms with van der Waals surface area (Å²) in [7, 11) is 2.15. The first-order valence-electron chi connectivity index (χ1n) is 6.93. The van der Waals surface area contributed by atoms with Crippen LogP contribution in [-0.4, -0.2) is 31.1 Å². The second-order valence-corrected chi connectivity index (χ2v) is 5.71. The lowest BCUT2D eigenvalue weighted by molar-refractivity contribution is 0.271. The van der Waals surface area contributed by atoms with Crippen molar-refractivity contribution in [1.82, 2.24) is 10.2 Å². The van der Waals surface area contributed by atoms with Gasteiger partial charge in [-0.05, 0) is 56.5 Å². The molecule has 2 fully saturated rings. The van der Waals surface area contributed by atoms with Gasteiger partial charge >= 0.3 is 0 Å². The van der Waals surface area contributed by atoms with Gasteiger partial charge in [-0.1, -0.05) is 12.1 Å². The van der Waals surface area contributed by atoms with Crippen LogP contribution < -0.4 is 5.32 Å². The molecule has 0 bridgehead atoms. The summed E-state index contributed by atoms with van der Waals surface area (Å²) in [6, 6.07) is 8.21. The van der Waals surface area contributed by atoms with E-state index in [1.807, 2.05) is 6.07 Å². The highest BCUT2D eigenvalue weighted by molar-refractivity contribution is 5.22. The molecule has 0 amide bonds. The smallest absolute Gasteiger partial charge is 0.123 e. The van der Waals surface area contributed by atoms with E-state index in [9.17, 15) is 4.39 Å². The zero-order chi connectivity index (χ0) is 12.5. The molecule has 1 N–H and O–H groups in total. The Morgan fingerprint density at radius 3 is 2.89 bits per heavy atom. The van der Waals surface area contributed by atoms with E-state index >= 15 is 0 Å². The van der Waals surface area contributed by atoms with Crippen molar-refractivity contribution in [3.63, 3.8) is 0 Å². The van der Waals surface area contributed by atoms with Gasteiger partial charge in [-0.15, -0.1) is 0 Å². The number of nitrogens with one attached hydrogen (secondary N) is 1. The minimum absolute atomic E-state index is 0.123. The molecule has 1 aliphatic carbocycles. The van der Waals surface area contributed by atoms with Gasteiger partial charge in [0.1, 0.15) is 5.82 Å². The molecule has 0 aromatic heterocycles. The molecule has 1 aromatic rings. The standard InChI is InChI=1S/C15H21FN2/c1-18-8-7-12(10-17-14-5-6-14)15(18)11-3-2-4-13(16)9-11/h2-4,9,12,14-15,17H,5-8,10H2,1H3. The molecule has 1 aliphatic heterocycles. The highest BCUT2D eigenvalue weighted by atomic mass is 19.1. The molecule has 98 valence electrons. The molecule has 0 radical (unpaired) electrons. The van der Waals surface area contributed by atoms with E-state index in [4.69, 9.17) is 0 Å². The van der Waals surface area contributed by atoms with Gasteiger partial charge < -0.3 is 5.32 Å². The predicted octanol–water partition coefficient (Wildman–Crippen LogP) is 2.57. The lowest BCUT2D eigenvalue weighted by Gasteiger charge is -2.26. The first-order valence-corrected chi connectivity index (χ1v) is 6.93. The summed E-state index contributed by atoms with van der Waals surface area (Å²) in [6.45, 7) is 2.17. The topological polar surface area (TPSA) is 15.3 Å². The molecule has 2 unspecified atom stereocenters. The second kappa shape index (κ2) is 4.98. The van der Waals surface area contributed by atoms with E-state index in [-0.39, 0.29) is 5.82 Å². The van der Waals surface area contributed by atoms with Gasteiger partial charge in [0.25, 0.3) is 0 Å². The highest BCUT2D eigenvalue weighted by Gasteiger charge is 2.34. The Morgan fingerprint density at radius 1 is 1.33 bits per heavy atom. The van der Waals surface area contributed by atoms with Gasteiger partial charge in [0.05, 0.1) is 0 Å². The molecule has 1 saturated heterocycles. The average Bonchev–Trinajstić information content (AvgIpc) is 3.10. The minimum Gasteiger partial charge on any atom is -0.314 e. The van der Waals surface area contributed by atoms with Gasteiger partial charge in [-0.25, -0.2) is 4.39 Å². The van der Waals surface area contributed by atoms with Gasteiger partial charge in [-0.3, -0.25) is 4.90 Å². The van der Waals surface area contributed by atoms with Crippen LogP contribution in [0, 0.1) is 11.7 Å². The van der Waals surface area contributed by atoms with Crippen molar-refractivity contribution in [3.8, 4) is 0 Å². The van der Waals surface area contributed by atoms with E-state index < -0.39 is 0 Å². The molecular formula is C15H21FN2. The first kappa shape index (κ1) is 12.1. The largest absolute Gasteiger partial charge is 0.314 e. The summed E-state index contributed by atoms with van der Waals surface area (Å²) in [5.41, 5.74) is 1.12. The van der Waals surface area contributed by atoms with E-state index in [0.717, 1.165) is 24.7 Å². The van der Waals surface area contributed by atoms with Crippen LogP contribution >= 0.6 is 0 Å². The monoisotopic (exact) mass is 248 g/mol. The fraction of sp³-hybridized carbons (Fsp3) is 0.600. The van der Waals surface area contributed by atoms with Crippen LogP contribution in [0.2, 0.25) is 0 Å². The van der Waals surface area contributed by atoms with Gasteiger partial charge in [0, 0.05) is 18.6 Å². The molecular weight excluding hydrogens is 227 g/mol. The Morgan fingerprint density at radius 2 is 2.17 bits per heavy atom. The molecule has 18 heavy (non-hydrogen) atoms. The van der Waals surface area contributed by atoms with Crippen molar-refractivity contribution in [2.75, 3.05) is 20.1 Å². The third-order valence-electron chi connectivity index (χ3n) is 4.21. The molecule has 1 aromatic carbocycles. The number of hydrogen-bond donors (Lipinski definition) is 1. The summed E-state index contributed by atoms with van der Waals surface area (Å²) in [5, 5.41) is 3.61. The molecule has 3 heteroatoms. The van der Waals surface area contributed by atoms with Crippen LogP contribution in [0.25, 0.3) is 0 Å². The normalized spacial score (nSPS) is 28.8. The molecule has 1 heterocycles. The minimum atomic E-state index is -0.123. The van der Waals surface area contributed by atoms with Crippen LogP contribution in [0.5, 0.6) is 0 Å². The zero-order valence-corrected chi connectivity index (χ0v) is 10.9. The van der Waals surface area contributed by atoms with Crippen molar-refractivity contribution < 1.29 is 4.39 Å². The maximum absolute atomic E-state index is 13.4. The van der Waals surface area contributed by atoms with Gasteiger partial charge in [0.15, 0.2) is 0 Å². The molecule has 0 spiro atoms. The maximum Gasteiger partial charge on any atom is 0.123 e. The van der Waals surface area contributed by atoms with Gasteiger partial charge in [0.2, 0.25) is 0 Å². The van der Waals surface area contributed by atoms with E-state index in [0.29, 0.717) is 12.0 Å². The Balaban J connectivity index is 1.73. The zero-order valence-electron chi connectivity index (χ0n) is 10.9. The molecule has 2 nitrogen and oxygen atoms in total. The number of likely N-dealkylation sites (tertiary alicyclic amines) is 1. The van der Waals surface area contributed by atoms with Crippen molar-refractivity contribution in [2.24, 2.45) is 5.92 Å². The van der Waals surface area contributed by atoms with Crippen molar-refractivity contribution in [1.29, 1.82) is 0 Å². The van der Waals surface area contributed by atoms with Crippen LogP contribution in [0.3, 0.4) is 0 Å². The SMILES string of the molecule is CN1CCC(CNC2CC2)C1c1cccc(F)c1. The summed E-state index contributed by atoms with van der Waals surface area (Å²) < 4.78 is 13.4. The molecule has 3 rings (SSSR count). The lowest BCUT2D eigenvalue weighted by Crippen LogP contribution is -2.29. The van der Waals surface area contributed by atoms with Crippen molar-refractivity contribution in [3.05, 3.63) is 35.6 Å². The van der Waals surface area contributed by atoms with E-state index in [2.05, 4.69) is 23.3 Å². The summed E-state index contributed by atoms with van der Waals surface area (Å²) in [6.07, 6.45) is 3.86. The quantitative estimate of drug-likeness (QED) is 0.881. The van der Waals surface area contributed by atoms with Crippen LogP contribution in [0.1, 0.15) is 30.9 Å². The predicted molar refractivity (Wildman–Crippen MR) is 70.9 cm³/mol. The van der Waals surface area contributed by atoms with Crippen molar-refractivity contribution >= 4 is 0 Å². The Labute approximate surface area is 108 Å². The number of benzene rings is 1. The maximum atomic E-state index is 13.4. The van der Waals surface area contributed by atoms with Crippen LogP contribution in [-0.2, 0) is 0 Å². The number of hydrogen-bond acceptors (Lipinski definition) is 2. The second-order valence-electron chi connectivity index (χ2n) is 5.71. The molecule has 2 atom stereocenters. The Hall–Kier alpha value is -0.930. The number of nitrogens with zero attached hydrogens (tertiary/aromatic N) is 1. The first-order chi connectivity index (χ1) is 8.74. The van der Waals surface area contributed by atoms with E-state index in [1.54, 1.807) is 6.07 Å². The van der Waals surface area contributed by atoms with Crippen LogP contribution in [0.4, 0.5) is 4.39 Å². The Kier molecular flexibility index (Phi) is 3.35.